The zero-order chi connectivity index (χ0) is 19.8. The van der Waals surface area contributed by atoms with E-state index in [-0.39, 0.29) is 0 Å². The van der Waals surface area contributed by atoms with E-state index >= 15 is 0 Å². The standard InChI is InChI=1S/C21H39N5O2/c1-18-2-4-19(5-3-18)26(16-20(27)14-24-10-6-22-7-11-24)17-21(28)15-25-12-8-23-9-13-25/h2,4-5,18,20-23,27-28H,3,6-17H2,1H3. The molecule has 2 fully saturated rings. The lowest BCUT2D eigenvalue weighted by molar-refractivity contribution is 0.0477. The molecule has 0 aromatic rings. The smallest absolute Gasteiger partial charge is 0.0841 e. The van der Waals surface area contributed by atoms with Crippen molar-refractivity contribution in [3.8, 4) is 0 Å². The maximum Gasteiger partial charge on any atom is 0.0841 e. The van der Waals surface area contributed by atoms with Crippen LogP contribution in [0.1, 0.15) is 13.3 Å². The van der Waals surface area contributed by atoms with Crippen molar-refractivity contribution < 1.29 is 10.2 Å². The van der Waals surface area contributed by atoms with E-state index in [1.807, 2.05) is 0 Å². The van der Waals surface area contributed by atoms with Gasteiger partial charge in [-0.1, -0.05) is 19.1 Å². The molecule has 7 nitrogen and oxygen atoms in total. The highest BCUT2D eigenvalue weighted by molar-refractivity contribution is 5.22. The lowest BCUT2D eigenvalue weighted by Gasteiger charge is -2.36. The predicted molar refractivity (Wildman–Crippen MR) is 113 cm³/mol. The molecule has 0 bridgehead atoms. The van der Waals surface area contributed by atoms with Gasteiger partial charge in [0.2, 0.25) is 0 Å². The molecule has 1 aliphatic carbocycles. The van der Waals surface area contributed by atoms with Gasteiger partial charge in [-0.2, -0.15) is 0 Å². The van der Waals surface area contributed by atoms with Crippen molar-refractivity contribution in [3.63, 3.8) is 0 Å². The van der Waals surface area contributed by atoms with Crippen molar-refractivity contribution in [2.75, 3.05) is 78.5 Å². The fraction of sp³-hybridized carbons (Fsp3) is 0.810. The number of β-amino-alcohol motifs (C(OH)–C–C–N with tert-alkyl or cyclic N) is 2. The van der Waals surface area contributed by atoms with Crippen molar-refractivity contribution >= 4 is 0 Å². The molecule has 3 atom stereocenters. The summed E-state index contributed by atoms with van der Waals surface area (Å²) in [5, 5.41) is 28.2. The molecular weight excluding hydrogens is 354 g/mol. The minimum atomic E-state index is -0.418. The van der Waals surface area contributed by atoms with Crippen molar-refractivity contribution in [1.29, 1.82) is 0 Å². The quantitative estimate of drug-likeness (QED) is 0.413. The van der Waals surface area contributed by atoms with Crippen LogP contribution in [0.5, 0.6) is 0 Å². The van der Waals surface area contributed by atoms with Crippen LogP contribution < -0.4 is 10.6 Å². The van der Waals surface area contributed by atoms with Gasteiger partial charge in [0, 0.05) is 84.2 Å². The van der Waals surface area contributed by atoms with Gasteiger partial charge in [-0.05, 0) is 18.4 Å². The summed E-state index contributed by atoms with van der Waals surface area (Å²) in [5.74, 6) is 0.558. The summed E-state index contributed by atoms with van der Waals surface area (Å²) in [6.07, 6.45) is 6.82. The summed E-state index contributed by atoms with van der Waals surface area (Å²) in [4.78, 5) is 6.83. The molecule has 160 valence electrons. The van der Waals surface area contributed by atoms with Crippen molar-refractivity contribution in [2.24, 2.45) is 5.92 Å². The maximum absolute atomic E-state index is 10.7. The number of hydrogen-bond donors (Lipinski definition) is 4. The Bertz CT molecular complexity index is 487. The van der Waals surface area contributed by atoms with Gasteiger partial charge in [0.05, 0.1) is 12.2 Å². The molecular formula is C21H39N5O2. The molecule has 2 saturated heterocycles. The van der Waals surface area contributed by atoms with Crippen LogP contribution >= 0.6 is 0 Å². The van der Waals surface area contributed by atoms with Crippen molar-refractivity contribution in [2.45, 2.75) is 25.6 Å². The van der Waals surface area contributed by atoms with E-state index in [1.54, 1.807) is 0 Å². The van der Waals surface area contributed by atoms with Crippen LogP contribution in [0.2, 0.25) is 0 Å². The van der Waals surface area contributed by atoms with Crippen LogP contribution in [0.15, 0.2) is 23.9 Å². The molecule has 0 amide bonds. The molecule has 3 unspecified atom stereocenters. The molecule has 7 heteroatoms. The van der Waals surface area contributed by atoms with E-state index in [2.05, 4.69) is 50.5 Å². The Morgan fingerprint density at radius 2 is 1.46 bits per heavy atom. The minimum Gasteiger partial charge on any atom is -0.390 e. The third-order valence-electron chi connectivity index (χ3n) is 5.88. The highest BCUT2D eigenvalue weighted by Crippen LogP contribution is 2.19. The number of nitrogens with zero attached hydrogens (tertiary/aromatic N) is 3. The number of piperazine rings is 2. The van der Waals surface area contributed by atoms with E-state index in [0.29, 0.717) is 32.1 Å². The first kappa shape index (κ1) is 21.7. The van der Waals surface area contributed by atoms with E-state index in [1.165, 1.54) is 0 Å². The lowest BCUT2D eigenvalue weighted by Crippen LogP contribution is -2.50. The van der Waals surface area contributed by atoms with Gasteiger partial charge >= 0.3 is 0 Å². The van der Waals surface area contributed by atoms with E-state index in [0.717, 1.165) is 64.5 Å². The first-order valence-electron chi connectivity index (χ1n) is 11.0. The monoisotopic (exact) mass is 393 g/mol. The van der Waals surface area contributed by atoms with Crippen molar-refractivity contribution in [3.05, 3.63) is 23.9 Å². The molecule has 0 saturated carbocycles. The zero-order valence-corrected chi connectivity index (χ0v) is 17.4. The van der Waals surface area contributed by atoms with E-state index in [4.69, 9.17) is 0 Å². The minimum absolute atomic E-state index is 0.418. The van der Waals surface area contributed by atoms with Crippen LogP contribution in [-0.4, -0.2) is 116 Å². The van der Waals surface area contributed by atoms with E-state index < -0.39 is 12.2 Å². The van der Waals surface area contributed by atoms with Gasteiger partial charge in [0.15, 0.2) is 0 Å². The Kier molecular flexibility index (Phi) is 8.76. The van der Waals surface area contributed by atoms with Gasteiger partial charge in [-0.15, -0.1) is 0 Å². The fourth-order valence-electron chi connectivity index (χ4n) is 4.24. The summed E-state index contributed by atoms with van der Waals surface area (Å²) >= 11 is 0. The molecule has 2 heterocycles. The second kappa shape index (κ2) is 11.3. The van der Waals surface area contributed by atoms with Crippen LogP contribution in [-0.2, 0) is 0 Å². The highest BCUT2D eigenvalue weighted by Gasteiger charge is 2.22. The Morgan fingerprint density at radius 3 is 1.89 bits per heavy atom. The van der Waals surface area contributed by atoms with Crippen LogP contribution in [0.4, 0.5) is 0 Å². The Labute approximate surface area is 170 Å². The molecule has 2 aliphatic heterocycles. The molecule has 0 radical (unpaired) electrons. The average Bonchev–Trinajstić information content (AvgIpc) is 2.69. The van der Waals surface area contributed by atoms with Gasteiger partial charge < -0.3 is 25.7 Å². The first-order chi connectivity index (χ1) is 13.6. The largest absolute Gasteiger partial charge is 0.390 e. The van der Waals surface area contributed by atoms with Crippen LogP contribution in [0, 0.1) is 5.92 Å². The van der Waals surface area contributed by atoms with Crippen molar-refractivity contribution in [1.82, 2.24) is 25.3 Å². The third-order valence-corrected chi connectivity index (χ3v) is 5.88. The van der Waals surface area contributed by atoms with Crippen LogP contribution in [0.25, 0.3) is 0 Å². The Balaban J connectivity index is 1.55. The molecule has 0 aromatic carbocycles. The van der Waals surface area contributed by atoms with Gasteiger partial charge in [-0.3, -0.25) is 9.80 Å². The fourth-order valence-corrected chi connectivity index (χ4v) is 4.24. The molecule has 4 N–H and O–H groups in total. The second-order valence-electron chi connectivity index (χ2n) is 8.51. The first-order valence-corrected chi connectivity index (χ1v) is 11.0. The summed E-state index contributed by atoms with van der Waals surface area (Å²) in [6.45, 7) is 12.7. The number of nitrogens with one attached hydrogen (secondary N) is 2. The summed E-state index contributed by atoms with van der Waals surface area (Å²) in [6, 6.07) is 0. The summed E-state index contributed by atoms with van der Waals surface area (Å²) in [7, 11) is 0. The van der Waals surface area contributed by atoms with Crippen LogP contribution in [0.3, 0.4) is 0 Å². The molecule has 28 heavy (non-hydrogen) atoms. The predicted octanol–water partition coefficient (Wildman–Crippen LogP) is -0.699. The number of aliphatic hydroxyl groups is 2. The normalized spacial score (nSPS) is 26.7. The molecule has 0 aromatic heterocycles. The second-order valence-corrected chi connectivity index (χ2v) is 8.51. The average molecular weight is 394 g/mol. The number of rotatable bonds is 9. The third kappa shape index (κ3) is 7.13. The Hall–Kier alpha value is -0.960. The number of aliphatic hydroxyl groups excluding tert-OH is 2. The van der Waals surface area contributed by atoms with Gasteiger partial charge in [0.25, 0.3) is 0 Å². The highest BCUT2D eigenvalue weighted by atomic mass is 16.3. The SMILES string of the molecule is CC1C=CC(N(CC(O)CN2CCNCC2)CC(O)CN2CCNCC2)=CC1. The molecule has 0 spiro atoms. The number of allylic oxidation sites excluding steroid dienone is 3. The molecule has 3 aliphatic rings. The zero-order valence-electron chi connectivity index (χ0n) is 17.4. The van der Waals surface area contributed by atoms with Gasteiger partial charge in [0.1, 0.15) is 0 Å². The maximum atomic E-state index is 10.7. The lowest BCUT2D eigenvalue weighted by atomic mass is 10.0. The summed E-state index contributed by atoms with van der Waals surface area (Å²) < 4.78 is 0. The Morgan fingerprint density at radius 1 is 0.964 bits per heavy atom. The topological polar surface area (TPSA) is 74.2 Å². The summed E-state index contributed by atoms with van der Waals surface area (Å²) in [5.41, 5.74) is 1.14. The van der Waals surface area contributed by atoms with E-state index in [9.17, 15) is 10.2 Å². The number of hydrogen-bond acceptors (Lipinski definition) is 7. The molecule has 3 rings (SSSR count). The van der Waals surface area contributed by atoms with Gasteiger partial charge in [-0.25, -0.2) is 0 Å².